The molecule has 0 atom stereocenters. The van der Waals surface area contributed by atoms with E-state index < -0.39 is 21.7 Å². The van der Waals surface area contributed by atoms with Gasteiger partial charge in [0.25, 0.3) is 5.56 Å². The first-order chi connectivity index (χ1) is 15.5. The molecule has 1 saturated carbocycles. The van der Waals surface area contributed by atoms with Crippen molar-refractivity contribution in [1.82, 2.24) is 13.8 Å². The van der Waals surface area contributed by atoms with Gasteiger partial charge in [0, 0.05) is 54.2 Å². The van der Waals surface area contributed by atoms with Crippen LogP contribution in [0.3, 0.4) is 0 Å². The van der Waals surface area contributed by atoms with Gasteiger partial charge in [-0.25, -0.2) is 13.2 Å². The third-order valence-electron chi connectivity index (χ3n) is 5.89. The van der Waals surface area contributed by atoms with Crippen LogP contribution in [0.25, 0.3) is 10.8 Å². The average molecular weight is 540 g/mol. The first-order valence-corrected chi connectivity index (χ1v) is 13.5. The summed E-state index contributed by atoms with van der Waals surface area (Å²) in [6.07, 6.45) is 3.68. The lowest BCUT2D eigenvalue weighted by atomic mass is 10.2. The van der Waals surface area contributed by atoms with Crippen molar-refractivity contribution in [3.63, 3.8) is 0 Å². The van der Waals surface area contributed by atoms with Crippen LogP contribution in [0.5, 0.6) is 0 Å². The number of carbonyl (C=O) groups excluding carboxylic acids is 1. The molecule has 1 aliphatic carbocycles. The van der Waals surface area contributed by atoms with Gasteiger partial charge in [0.15, 0.2) is 0 Å². The van der Waals surface area contributed by atoms with Gasteiger partial charge in [-0.15, -0.1) is 0 Å². The van der Waals surface area contributed by atoms with Crippen LogP contribution in [0, 0.1) is 5.92 Å². The largest absolute Gasteiger partial charge is 0.444 e. The van der Waals surface area contributed by atoms with Gasteiger partial charge in [-0.1, -0.05) is 15.9 Å². The lowest BCUT2D eigenvalue weighted by Crippen LogP contribution is -2.40. The number of halogens is 1. The molecule has 10 heteroatoms. The van der Waals surface area contributed by atoms with Crippen LogP contribution < -0.4 is 5.56 Å². The first-order valence-electron chi connectivity index (χ1n) is 11.3. The van der Waals surface area contributed by atoms with E-state index in [2.05, 4.69) is 15.9 Å². The molecule has 2 aromatic rings. The summed E-state index contributed by atoms with van der Waals surface area (Å²) in [5, 5.41) is 0.805. The Labute approximate surface area is 202 Å². The average Bonchev–Trinajstić information content (AvgIpc) is 3.54. The molecule has 0 bridgehead atoms. The highest BCUT2D eigenvalue weighted by Crippen LogP contribution is 2.32. The van der Waals surface area contributed by atoms with E-state index in [4.69, 9.17) is 4.74 Å². The van der Waals surface area contributed by atoms with E-state index in [-0.39, 0.29) is 23.5 Å². The van der Waals surface area contributed by atoms with Crippen LogP contribution in [0.2, 0.25) is 0 Å². The number of fused-ring (bicyclic) bond motifs is 1. The Hall–Kier alpha value is -1.91. The molecule has 1 aliphatic heterocycles. The predicted octanol–water partition coefficient (Wildman–Crippen LogP) is 3.81. The van der Waals surface area contributed by atoms with Crippen molar-refractivity contribution in [3.05, 3.63) is 39.2 Å². The zero-order chi connectivity index (χ0) is 24.0. The molecule has 8 nitrogen and oxygen atoms in total. The van der Waals surface area contributed by atoms with Crippen molar-refractivity contribution in [3.8, 4) is 0 Å². The highest BCUT2D eigenvalue weighted by Gasteiger charge is 2.32. The Morgan fingerprint density at radius 3 is 2.52 bits per heavy atom. The maximum atomic E-state index is 13.8. The molecule has 1 aromatic carbocycles. The van der Waals surface area contributed by atoms with E-state index in [0.717, 1.165) is 12.8 Å². The Morgan fingerprint density at radius 2 is 1.85 bits per heavy atom. The minimum absolute atomic E-state index is 0.129. The number of aromatic nitrogens is 1. The van der Waals surface area contributed by atoms with Crippen molar-refractivity contribution in [2.24, 2.45) is 5.92 Å². The van der Waals surface area contributed by atoms with Gasteiger partial charge in [0.05, 0.1) is 0 Å². The van der Waals surface area contributed by atoms with Gasteiger partial charge < -0.3 is 14.2 Å². The predicted molar refractivity (Wildman–Crippen MR) is 130 cm³/mol. The SMILES string of the molecule is CC(C)(C)OC(=O)N1CCCN(S(=O)(=O)c2cn(CC3CC3)c(=O)c3ccc(Br)cc23)CC1. The highest BCUT2D eigenvalue weighted by atomic mass is 79.9. The Morgan fingerprint density at radius 1 is 1.12 bits per heavy atom. The molecule has 1 saturated heterocycles. The quantitative estimate of drug-likeness (QED) is 0.589. The maximum absolute atomic E-state index is 13.8. The van der Waals surface area contributed by atoms with Gasteiger partial charge >= 0.3 is 6.09 Å². The summed E-state index contributed by atoms with van der Waals surface area (Å²) in [6.45, 7) is 7.07. The smallest absolute Gasteiger partial charge is 0.410 e. The van der Waals surface area contributed by atoms with Crippen LogP contribution in [0.4, 0.5) is 4.79 Å². The Kier molecular flexibility index (Phi) is 6.63. The van der Waals surface area contributed by atoms with Crippen molar-refractivity contribution in [1.29, 1.82) is 0 Å². The number of hydrogen-bond acceptors (Lipinski definition) is 5. The molecule has 2 aliphatic rings. The summed E-state index contributed by atoms with van der Waals surface area (Å²) in [6, 6.07) is 5.12. The van der Waals surface area contributed by atoms with Gasteiger partial charge in [-0.2, -0.15) is 4.31 Å². The molecule has 4 rings (SSSR count). The fourth-order valence-electron chi connectivity index (χ4n) is 4.03. The van der Waals surface area contributed by atoms with Crippen LogP contribution in [-0.4, -0.2) is 60.1 Å². The van der Waals surface area contributed by atoms with Crippen molar-refractivity contribution < 1.29 is 17.9 Å². The third kappa shape index (κ3) is 5.44. The molecule has 0 N–H and O–H groups in total. The number of sulfonamides is 1. The summed E-state index contributed by atoms with van der Waals surface area (Å²) in [5.74, 6) is 0.423. The number of hydrogen-bond donors (Lipinski definition) is 0. The lowest BCUT2D eigenvalue weighted by molar-refractivity contribution is 0.0260. The van der Waals surface area contributed by atoms with Gasteiger partial charge in [-0.05, 0) is 64.2 Å². The monoisotopic (exact) mass is 539 g/mol. The molecule has 2 fully saturated rings. The summed E-state index contributed by atoms with van der Waals surface area (Å²) in [7, 11) is -3.89. The summed E-state index contributed by atoms with van der Waals surface area (Å²) < 4.78 is 36.7. The zero-order valence-corrected chi connectivity index (χ0v) is 21.6. The molecule has 0 radical (unpaired) electrons. The molecule has 1 aromatic heterocycles. The van der Waals surface area contributed by atoms with E-state index in [1.165, 1.54) is 10.5 Å². The normalized spacial score (nSPS) is 18.4. The highest BCUT2D eigenvalue weighted by molar-refractivity contribution is 9.10. The third-order valence-corrected chi connectivity index (χ3v) is 8.31. The minimum Gasteiger partial charge on any atom is -0.444 e. The standard InChI is InChI=1S/C23H30BrN3O5S/c1-23(2,3)32-22(29)25-9-4-10-27(12-11-25)33(30,31)20-15-26(14-16-5-6-16)21(28)18-8-7-17(24)13-19(18)20/h7-8,13,15-16H,4-6,9-12,14H2,1-3H3. The van der Waals surface area contributed by atoms with Crippen molar-refractivity contribution >= 4 is 42.8 Å². The number of rotatable bonds is 4. The van der Waals surface area contributed by atoms with Gasteiger partial charge in [-0.3, -0.25) is 4.79 Å². The summed E-state index contributed by atoms with van der Waals surface area (Å²) >= 11 is 3.41. The fourth-order valence-corrected chi connectivity index (χ4v) is 6.07. The number of carbonyl (C=O) groups is 1. The zero-order valence-electron chi connectivity index (χ0n) is 19.2. The van der Waals surface area contributed by atoms with Gasteiger partial charge in [0.1, 0.15) is 10.5 Å². The number of pyridine rings is 1. The second-order valence-corrected chi connectivity index (χ2v) is 12.6. The first kappa shape index (κ1) is 24.2. The number of ether oxygens (including phenoxy) is 1. The lowest BCUT2D eigenvalue weighted by Gasteiger charge is -2.26. The molecule has 0 spiro atoms. The summed E-state index contributed by atoms with van der Waals surface area (Å²) in [4.78, 5) is 27.2. The van der Waals surface area contributed by atoms with Crippen LogP contribution in [-0.2, 0) is 21.3 Å². The molecule has 2 heterocycles. The molecular formula is C23H30BrN3O5S. The molecule has 1 amide bonds. The second-order valence-electron chi connectivity index (χ2n) is 9.81. The summed E-state index contributed by atoms with van der Waals surface area (Å²) in [5.41, 5.74) is -0.785. The Balaban J connectivity index is 1.67. The Bertz CT molecular complexity index is 1230. The van der Waals surface area contributed by atoms with E-state index in [1.807, 2.05) is 0 Å². The van der Waals surface area contributed by atoms with E-state index in [0.29, 0.717) is 47.2 Å². The van der Waals surface area contributed by atoms with E-state index in [1.54, 1.807) is 48.4 Å². The van der Waals surface area contributed by atoms with Crippen LogP contribution in [0.1, 0.15) is 40.0 Å². The fraction of sp³-hybridized carbons (Fsp3) is 0.565. The second kappa shape index (κ2) is 9.03. The van der Waals surface area contributed by atoms with Gasteiger partial charge in [0.2, 0.25) is 10.0 Å². The molecule has 0 unspecified atom stereocenters. The number of amides is 1. The van der Waals surface area contributed by atoms with Crippen LogP contribution >= 0.6 is 15.9 Å². The van der Waals surface area contributed by atoms with Crippen molar-refractivity contribution in [2.45, 2.75) is 57.1 Å². The number of nitrogens with zero attached hydrogens (tertiary/aromatic N) is 3. The van der Waals surface area contributed by atoms with Crippen molar-refractivity contribution in [2.75, 3.05) is 26.2 Å². The van der Waals surface area contributed by atoms with Crippen LogP contribution in [0.15, 0.2) is 38.6 Å². The van der Waals surface area contributed by atoms with E-state index in [9.17, 15) is 18.0 Å². The number of benzene rings is 1. The molecule has 180 valence electrons. The van der Waals surface area contributed by atoms with E-state index >= 15 is 0 Å². The minimum atomic E-state index is -3.89. The molecular weight excluding hydrogens is 510 g/mol. The molecule has 33 heavy (non-hydrogen) atoms. The maximum Gasteiger partial charge on any atom is 0.410 e. The topological polar surface area (TPSA) is 88.9 Å².